The van der Waals surface area contributed by atoms with Gasteiger partial charge in [0.05, 0.1) is 17.6 Å². The first kappa shape index (κ1) is 15.5. The Labute approximate surface area is 134 Å². The summed E-state index contributed by atoms with van der Waals surface area (Å²) in [5.41, 5.74) is 1.69. The molecule has 2 heterocycles. The van der Waals surface area contributed by atoms with Gasteiger partial charge in [-0.15, -0.1) is 11.3 Å². The quantitative estimate of drug-likeness (QED) is 0.928. The van der Waals surface area contributed by atoms with Gasteiger partial charge >= 0.3 is 0 Å². The van der Waals surface area contributed by atoms with Gasteiger partial charge in [0.25, 0.3) is 10.0 Å². The SMILES string of the molecule is CCn1ncc(S(=O)(=O)Nc2nc3c(s2)CC(C)CC3)c1C. The lowest BCUT2D eigenvalue weighted by molar-refractivity contribution is 0.502. The molecule has 1 aliphatic rings. The molecule has 0 saturated carbocycles. The van der Waals surface area contributed by atoms with Gasteiger partial charge in [-0.3, -0.25) is 9.40 Å². The summed E-state index contributed by atoms with van der Waals surface area (Å²) < 4.78 is 29.3. The van der Waals surface area contributed by atoms with Crippen molar-refractivity contribution < 1.29 is 8.42 Å². The second-order valence-corrected chi connectivity index (χ2v) is 8.49. The standard InChI is InChI=1S/C14H20N4O2S2/c1-4-18-10(3)13(8-15-18)22(19,20)17-14-16-11-6-5-9(2)7-12(11)21-14/h8-9H,4-7H2,1-3H3,(H,16,17). The summed E-state index contributed by atoms with van der Waals surface area (Å²) in [6, 6.07) is 0. The van der Waals surface area contributed by atoms with Crippen LogP contribution in [0.3, 0.4) is 0 Å². The van der Waals surface area contributed by atoms with Crippen LogP contribution in [0.15, 0.2) is 11.1 Å². The van der Waals surface area contributed by atoms with E-state index < -0.39 is 10.0 Å². The number of anilines is 1. The van der Waals surface area contributed by atoms with Gasteiger partial charge in [-0.1, -0.05) is 6.92 Å². The topological polar surface area (TPSA) is 76.9 Å². The lowest BCUT2D eigenvalue weighted by Crippen LogP contribution is -2.14. The Morgan fingerprint density at radius 3 is 2.95 bits per heavy atom. The lowest BCUT2D eigenvalue weighted by atomic mass is 9.93. The maximum absolute atomic E-state index is 12.5. The fourth-order valence-electron chi connectivity index (χ4n) is 2.77. The molecule has 22 heavy (non-hydrogen) atoms. The predicted octanol–water partition coefficient (Wildman–Crippen LogP) is 2.59. The van der Waals surface area contributed by atoms with E-state index in [-0.39, 0.29) is 4.90 Å². The van der Waals surface area contributed by atoms with Crippen molar-refractivity contribution in [3.63, 3.8) is 0 Å². The van der Waals surface area contributed by atoms with E-state index in [9.17, 15) is 8.42 Å². The first-order chi connectivity index (χ1) is 10.4. The monoisotopic (exact) mass is 340 g/mol. The normalized spacial score (nSPS) is 18.2. The molecule has 2 aromatic heterocycles. The summed E-state index contributed by atoms with van der Waals surface area (Å²) in [7, 11) is -3.63. The van der Waals surface area contributed by atoms with E-state index in [1.54, 1.807) is 11.6 Å². The highest BCUT2D eigenvalue weighted by atomic mass is 32.2. The summed E-state index contributed by atoms with van der Waals surface area (Å²) in [6.07, 6.45) is 4.44. The van der Waals surface area contributed by atoms with E-state index in [1.165, 1.54) is 22.4 Å². The largest absolute Gasteiger partial charge is 0.269 e. The van der Waals surface area contributed by atoms with E-state index in [4.69, 9.17) is 0 Å². The van der Waals surface area contributed by atoms with Crippen LogP contribution < -0.4 is 4.72 Å². The van der Waals surface area contributed by atoms with Crippen molar-refractivity contribution in [1.82, 2.24) is 14.8 Å². The van der Waals surface area contributed by atoms with Gasteiger partial charge in [0, 0.05) is 11.4 Å². The summed E-state index contributed by atoms with van der Waals surface area (Å²) in [5.74, 6) is 0.641. The van der Waals surface area contributed by atoms with Gasteiger partial charge < -0.3 is 0 Å². The zero-order valence-corrected chi connectivity index (χ0v) is 14.6. The zero-order chi connectivity index (χ0) is 15.9. The van der Waals surface area contributed by atoms with Crippen LogP contribution in [0.2, 0.25) is 0 Å². The van der Waals surface area contributed by atoms with E-state index in [0.29, 0.717) is 23.3 Å². The average Bonchev–Trinajstić information content (AvgIpc) is 3.00. The number of sulfonamides is 1. The fraction of sp³-hybridized carbons (Fsp3) is 0.571. The highest BCUT2D eigenvalue weighted by Gasteiger charge is 2.25. The molecular formula is C14H20N4O2S2. The van der Waals surface area contributed by atoms with Gasteiger partial charge in [0.2, 0.25) is 0 Å². The van der Waals surface area contributed by atoms with Crippen molar-refractivity contribution in [3.8, 4) is 0 Å². The molecule has 0 spiro atoms. The third kappa shape index (κ3) is 2.77. The van der Waals surface area contributed by atoms with Crippen LogP contribution in [0.25, 0.3) is 0 Å². The first-order valence-corrected chi connectivity index (χ1v) is 9.74. The molecule has 0 aromatic carbocycles. The van der Waals surface area contributed by atoms with Crippen molar-refractivity contribution in [2.45, 2.75) is 51.5 Å². The van der Waals surface area contributed by atoms with Crippen molar-refractivity contribution >= 4 is 26.5 Å². The molecule has 1 aliphatic carbocycles. The molecular weight excluding hydrogens is 320 g/mol. The van der Waals surface area contributed by atoms with E-state index in [0.717, 1.165) is 25.0 Å². The van der Waals surface area contributed by atoms with Crippen LogP contribution in [-0.2, 0) is 29.4 Å². The molecule has 1 atom stereocenters. The third-order valence-electron chi connectivity index (χ3n) is 4.05. The Kier molecular flexibility index (Phi) is 3.98. The van der Waals surface area contributed by atoms with E-state index in [1.807, 2.05) is 6.92 Å². The molecule has 8 heteroatoms. The Morgan fingerprint density at radius 2 is 2.27 bits per heavy atom. The molecule has 1 unspecified atom stereocenters. The van der Waals surface area contributed by atoms with Gasteiger partial charge in [-0.25, -0.2) is 13.4 Å². The molecule has 0 bridgehead atoms. The van der Waals surface area contributed by atoms with E-state index >= 15 is 0 Å². The molecule has 3 rings (SSSR count). The van der Waals surface area contributed by atoms with Crippen molar-refractivity contribution in [1.29, 1.82) is 0 Å². The second kappa shape index (κ2) is 5.66. The Balaban J connectivity index is 1.87. The van der Waals surface area contributed by atoms with Crippen LogP contribution in [0.4, 0.5) is 5.13 Å². The van der Waals surface area contributed by atoms with Crippen LogP contribution in [0.1, 0.15) is 36.5 Å². The molecule has 0 aliphatic heterocycles. The number of nitrogens with one attached hydrogen (secondary N) is 1. The minimum Gasteiger partial charge on any atom is -0.269 e. The lowest BCUT2D eigenvalue weighted by Gasteiger charge is -2.15. The van der Waals surface area contributed by atoms with Gasteiger partial charge in [-0.2, -0.15) is 5.10 Å². The van der Waals surface area contributed by atoms with Crippen molar-refractivity contribution in [2.24, 2.45) is 5.92 Å². The van der Waals surface area contributed by atoms with E-state index in [2.05, 4.69) is 21.7 Å². The molecule has 2 aromatic rings. The Hall–Kier alpha value is -1.41. The third-order valence-corrected chi connectivity index (χ3v) is 6.66. The van der Waals surface area contributed by atoms with Crippen molar-refractivity contribution in [2.75, 3.05) is 4.72 Å². The highest BCUT2D eigenvalue weighted by molar-refractivity contribution is 7.93. The molecule has 120 valence electrons. The van der Waals surface area contributed by atoms with Crippen LogP contribution in [0, 0.1) is 12.8 Å². The predicted molar refractivity (Wildman–Crippen MR) is 86.7 cm³/mol. The Bertz CT molecular complexity index is 792. The summed E-state index contributed by atoms with van der Waals surface area (Å²) in [6.45, 7) is 6.55. The maximum Gasteiger partial charge on any atom is 0.267 e. The highest BCUT2D eigenvalue weighted by Crippen LogP contribution is 2.33. The molecule has 0 saturated heterocycles. The summed E-state index contributed by atoms with van der Waals surface area (Å²) in [4.78, 5) is 5.88. The molecule has 0 amide bonds. The Morgan fingerprint density at radius 1 is 1.50 bits per heavy atom. The second-order valence-electron chi connectivity index (χ2n) is 5.75. The molecule has 0 radical (unpaired) electrons. The summed E-state index contributed by atoms with van der Waals surface area (Å²) >= 11 is 1.45. The van der Waals surface area contributed by atoms with Crippen molar-refractivity contribution in [3.05, 3.63) is 22.5 Å². The summed E-state index contributed by atoms with van der Waals surface area (Å²) in [5, 5.41) is 4.56. The molecule has 1 N–H and O–H groups in total. The average molecular weight is 340 g/mol. The molecule has 0 fully saturated rings. The number of hydrogen-bond donors (Lipinski definition) is 1. The number of nitrogens with zero attached hydrogens (tertiary/aromatic N) is 3. The minimum atomic E-state index is -3.63. The zero-order valence-electron chi connectivity index (χ0n) is 13.0. The number of rotatable bonds is 4. The number of aryl methyl sites for hydroxylation is 2. The maximum atomic E-state index is 12.5. The smallest absolute Gasteiger partial charge is 0.267 e. The number of fused-ring (bicyclic) bond motifs is 1. The van der Waals surface area contributed by atoms with Gasteiger partial charge in [0.1, 0.15) is 4.90 Å². The number of aromatic nitrogens is 3. The van der Waals surface area contributed by atoms with Crippen LogP contribution >= 0.6 is 11.3 Å². The fourth-order valence-corrected chi connectivity index (χ4v) is 5.35. The van der Waals surface area contributed by atoms with Crippen LogP contribution in [0.5, 0.6) is 0 Å². The minimum absolute atomic E-state index is 0.218. The first-order valence-electron chi connectivity index (χ1n) is 7.44. The van der Waals surface area contributed by atoms with Gasteiger partial charge in [0.15, 0.2) is 5.13 Å². The number of hydrogen-bond acceptors (Lipinski definition) is 5. The van der Waals surface area contributed by atoms with Crippen LogP contribution in [-0.4, -0.2) is 23.2 Å². The molecule has 6 nitrogen and oxygen atoms in total. The van der Waals surface area contributed by atoms with Gasteiger partial charge in [-0.05, 0) is 39.0 Å². The number of thiazole rings is 1.